The third-order valence-electron chi connectivity index (χ3n) is 2.32. The zero-order valence-electron chi connectivity index (χ0n) is 8.54. The quantitative estimate of drug-likeness (QED) is 0.705. The molecule has 0 heterocycles. The Bertz CT molecular complexity index is 176. The minimum atomic E-state index is -0.229. The second kappa shape index (κ2) is 4.46. The summed E-state index contributed by atoms with van der Waals surface area (Å²) in [4.78, 5) is 12.6. The fraction of sp³-hybridized carbons (Fsp3) is 0.889. The average molecular weight is 186 g/mol. The third-order valence-corrected chi connectivity index (χ3v) is 2.32. The molecule has 1 rings (SSSR count). The van der Waals surface area contributed by atoms with Gasteiger partial charge in [-0.2, -0.15) is 0 Å². The lowest BCUT2D eigenvalue weighted by molar-refractivity contribution is 0.00536. The molecule has 0 aliphatic heterocycles. The van der Waals surface area contributed by atoms with Crippen LogP contribution in [0.4, 0.5) is 4.79 Å². The van der Waals surface area contributed by atoms with E-state index < -0.39 is 0 Å². The summed E-state index contributed by atoms with van der Waals surface area (Å²) in [6, 6.07) is 0. The summed E-state index contributed by atoms with van der Waals surface area (Å²) in [7, 11) is 5.34. The summed E-state index contributed by atoms with van der Waals surface area (Å²) >= 11 is 0. The van der Waals surface area contributed by atoms with E-state index in [-0.39, 0.29) is 12.2 Å². The SMILES string of the molecule is CNCC1CC(OC(=O)N(C)C)C1. The average Bonchev–Trinajstić information content (AvgIpc) is 2.00. The molecule has 4 heteroatoms. The third kappa shape index (κ3) is 2.88. The van der Waals surface area contributed by atoms with Crippen molar-refractivity contribution in [3.63, 3.8) is 0 Å². The number of ether oxygens (including phenoxy) is 1. The Kier molecular flexibility index (Phi) is 3.54. The van der Waals surface area contributed by atoms with Gasteiger partial charge in [-0.3, -0.25) is 0 Å². The van der Waals surface area contributed by atoms with Gasteiger partial charge in [-0.1, -0.05) is 0 Å². The fourth-order valence-corrected chi connectivity index (χ4v) is 1.47. The summed E-state index contributed by atoms with van der Waals surface area (Å²) in [5.74, 6) is 0.685. The lowest BCUT2D eigenvalue weighted by Crippen LogP contribution is -2.40. The molecule has 76 valence electrons. The first-order valence-corrected chi connectivity index (χ1v) is 4.66. The molecule has 0 radical (unpaired) electrons. The number of rotatable bonds is 3. The molecule has 0 aromatic heterocycles. The smallest absolute Gasteiger partial charge is 0.409 e. The van der Waals surface area contributed by atoms with E-state index in [0.29, 0.717) is 5.92 Å². The molecule has 1 aliphatic carbocycles. The summed E-state index contributed by atoms with van der Waals surface area (Å²) in [6.07, 6.45) is 1.92. The van der Waals surface area contributed by atoms with Crippen LogP contribution >= 0.6 is 0 Å². The van der Waals surface area contributed by atoms with Crippen molar-refractivity contribution in [1.29, 1.82) is 0 Å². The minimum Gasteiger partial charge on any atom is -0.446 e. The molecule has 0 bridgehead atoms. The molecule has 1 amide bonds. The first-order chi connectivity index (χ1) is 6.13. The van der Waals surface area contributed by atoms with E-state index in [9.17, 15) is 4.79 Å². The van der Waals surface area contributed by atoms with E-state index in [4.69, 9.17) is 4.74 Å². The summed E-state index contributed by atoms with van der Waals surface area (Å²) in [6.45, 7) is 1.02. The molecule has 4 nitrogen and oxygen atoms in total. The molecule has 0 spiro atoms. The van der Waals surface area contributed by atoms with Gasteiger partial charge in [0.25, 0.3) is 0 Å². The number of hydrogen-bond donors (Lipinski definition) is 1. The van der Waals surface area contributed by atoms with Crippen molar-refractivity contribution in [2.24, 2.45) is 5.92 Å². The molecular formula is C9H18N2O2. The van der Waals surface area contributed by atoms with E-state index in [1.54, 1.807) is 14.1 Å². The molecule has 0 aromatic carbocycles. The van der Waals surface area contributed by atoms with Crippen LogP contribution in [0.5, 0.6) is 0 Å². The number of amides is 1. The lowest BCUT2D eigenvalue weighted by Gasteiger charge is -2.35. The number of hydrogen-bond acceptors (Lipinski definition) is 3. The molecule has 0 unspecified atom stereocenters. The molecule has 1 saturated carbocycles. The first kappa shape index (κ1) is 10.3. The Hall–Kier alpha value is -0.770. The number of carbonyl (C=O) groups excluding carboxylic acids is 1. The standard InChI is InChI=1S/C9H18N2O2/c1-10-6-7-4-8(5-7)13-9(12)11(2)3/h7-8,10H,4-6H2,1-3H3. The molecule has 0 atom stereocenters. The van der Waals surface area contributed by atoms with Gasteiger partial charge in [0.15, 0.2) is 0 Å². The van der Waals surface area contributed by atoms with Gasteiger partial charge in [0.2, 0.25) is 0 Å². The Morgan fingerprint density at radius 3 is 2.62 bits per heavy atom. The molecule has 1 N–H and O–H groups in total. The minimum absolute atomic E-state index is 0.147. The van der Waals surface area contributed by atoms with E-state index in [0.717, 1.165) is 19.4 Å². The van der Waals surface area contributed by atoms with Gasteiger partial charge < -0.3 is 15.0 Å². The van der Waals surface area contributed by atoms with E-state index >= 15 is 0 Å². The number of nitrogens with zero attached hydrogens (tertiary/aromatic N) is 1. The monoisotopic (exact) mass is 186 g/mol. The lowest BCUT2D eigenvalue weighted by atomic mass is 9.82. The van der Waals surface area contributed by atoms with Crippen LogP contribution in [0, 0.1) is 5.92 Å². The number of carbonyl (C=O) groups is 1. The molecular weight excluding hydrogens is 168 g/mol. The highest BCUT2D eigenvalue weighted by Crippen LogP contribution is 2.29. The first-order valence-electron chi connectivity index (χ1n) is 4.66. The number of nitrogens with one attached hydrogen (secondary N) is 1. The van der Waals surface area contributed by atoms with Crippen LogP contribution in [0.1, 0.15) is 12.8 Å². The highest BCUT2D eigenvalue weighted by molar-refractivity contribution is 5.67. The zero-order chi connectivity index (χ0) is 9.84. The van der Waals surface area contributed by atoms with Gasteiger partial charge in [-0.05, 0) is 32.4 Å². The maximum absolute atomic E-state index is 11.1. The topological polar surface area (TPSA) is 41.6 Å². The fourth-order valence-electron chi connectivity index (χ4n) is 1.47. The second-order valence-corrected chi connectivity index (χ2v) is 3.80. The predicted molar refractivity (Wildman–Crippen MR) is 50.6 cm³/mol. The van der Waals surface area contributed by atoms with Crippen LogP contribution in [0.25, 0.3) is 0 Å². The van der Waals surface area contributed by atoms with Crippen molar-refractivity contribution in [3.05, 3.63) is 0 Å². The van der Waals surface area contributed by atoms with Crippen LogP contribution in [-0.2, 0) is 4.74 Å². The van der Waals surface area contributed by atoms with Crippen molar-refractivity contribution in [3.8, 4) is 0 Å². The molecule has 1 aliphatic rings. The molecule has 13 heavy (non-hydrogen) atoms. The van der Waals surface area contributed by atoms with Crippen LogP contribution in [0.2, 0.25) is 0 Å². The van der Waals surface area contributed by atoms with Crippen LogP contribution in [0.3, 0.4) is 0 Å². The van der Waals surface area contributed by atoms with Crippen molar-refractivity contribution in [2.45, 2.75) is 18.9 Å². The Labute approximate surface area is 79.2 Å². The normalized spacial score (nSPS) is 26.4. The summed E-state index contributed by atoms with van der Waals surface area (Å²) < 4.78 is 5.18. The van der Waals surface area contributed by atoms with Gasteiger partial charge in [0.05, 0.1) is 0 Å². The Morgan fingerprint density at radius 1 is 1.54 bits per heavy atom. The predicted octanol–water partition coefficient (Wildman–Crippen LogP) is 0.683. The molecule has 0 saturated heterocycles. The Balaban J connectivity index is 2.11. The van der Waals surface area contributed by atoms with Gasteiger partial charge >= 0.3 is 6.09 Å². The Morgan fingerprint density at radius 2 is 2.15 bits per heavy atom. The van der Waals surface area contributed by atoms with E-state index in [1.807, 2.05) is 7.05 Å². The maximum atomic E-state index is 11.1. The zero-order valence-corrected chi connectivity index (χ0v) is 8.54. The van der Waals surface area contributed by atoms with Crippen molar-refractivity contribution < 1.29 is 9.53 Å². The van der Waals surface area contributed by atoms with E-state index in [2.05, 4.69) is 5.32 Å². The summed E-state index contributed by atoms with van der Waals surface area (Å²) in [5.41, 5.74) is 0. The second-order valence-electron chi connectivity index (χ2n) is 3.80. The van der Waals surface area contributed by atoms with Crippen LogP contribution in [0.15, 0.2) is 0 Å². The van der Waals surface area contributed by atoms with Crippen molar-refractivity contribution in [2.75, 3.05) is 27.7 Å². The highest BCUT2D eigenvalue weighted by Gasteiger charge is 2.31. The van der Waals surface area contributed by atoms with E-state index in [1.165, 1.54) is 4.90 Å². The van der Waals surface area contributed by atoms with Crippen LogP contribution in [-0.4, -0.2) is 44.8 Å². The van der Waals surface area contributed by atoms with Crippen molar-refractivity contribution in [1.82, 2.24) is 10.2 Å². The highest BCUT2D eigenvalue weighted by atomic mass is 16.6. The van der Waals surface area contributed by atoms with Gasteiger partial charge in [-0.15, -0.1) is 0 Å². The van der Waals surface area contributed by atoms with Gasteiger partial charge in [0, 0.05) is 14.1 Å². The largest absolute Gasteiger partial charge is 0.446 e. The van der Waals surface area contributed by atoms with Crippen LogP contribution < -0.4 is 5.32 Å². The van der Waals surface area contributed by atoms with Crippen molar-refractivity contribution >= 4 is 6.09 Å². The van der Waals surface area contributed by atoms with Gasteiger partial charge in [0.1, 0.15) is 6.10 Å². The van der Waals surface area contributed by atoms with Gasteiger partial charge in [-0.25, -0.2) is 4.79 Å². The summed E-state index contributed by atoms with van der Waals surface area (Å²) in [5, 5.41) is 3.12. The molecule has 1 fully saturated rings. The molecule has 0 aromatic rings. The maximum Gasteiger partial charge on any atom is 0.409 e.